The Bertz CT molecular complexity index is 472. The average molecular weight is 299 g/mol. The zero-order valence-electron chi connectivity index (χ0n) is 8.72. The summed E-state index contributed by atoms with van der Waals surface area (Å²) in [6.45, 7) is 0.804. The van der Waals surface area contributed by atoms with Crippen LogP contribution < -0.4 is 10.6 Å². The number of rotatable bonds is 3. The van der Waals surface area contributed by atoms with Gasteiger partial charge in [-0.25, -0.2) is 4.98 Å². The number of thiophene rings is 1. The third-order valence-corrected chi connectivity index (χ3v) is 3.40. The molecule has 2 aromatic heterocycles. The smallest absolute Gasteiger partial charge is 0.222 e. The van der Waals surface area contributed by atoms with E-state index in [-0.39, 0.29) is 5.95 Å². The third kappa shape index (κ3) is 2.51. The molecule has 0 aromatic carbocycles. The lowest BCUT2D eigenvalue weighted by atomic mass is 10.3. The number of hydrogen-bond acceptors (Lipinski definition) is 5. The lowest BCUT2D eigenvalue weighted by Crippen LogP contribution is -2.18. The van der Waals surface area contributed by atoms with Crippen LogP contribution in [0.3, 0.4) is 0 Å². The Morgan fingerprint density at radius 3 is 3.06 bits per heavy atom. The van der Waals surface area contributed by atoms with Crippen LogP contribution in [0.4, 0.5) is 11.8 Å². The van der Waals surface area contributed by atoms with Crippen LogP contribution in [0.2, 0.25) is 0 Å². The predicted molar refractivity (Wildman–Crippen MR) is 70.6 cm³/mol. The second-order valence-electron chi connectivity index (χ2n) is 3.39. The third-order valence-electron chi connectivity index (χ3n) is 2.11. The molecule has 0 spiro atoms. The molecule has 6 heteroatoms. The van der Waals surface area contributed by atoms with Gasteiger partial charge in [-0.15, -0.1) is 0 Å². The summed E-state index contributed by atoms with van der Waals surface area (Å²) < 4.78 is 0.847. The summed E-state index contributed by atoms with van der Waals surface area (Å²) in [5.41, 5.74) is 6.83. The second-order valence-corrected chi connectivity index (χ2v) is 5.02. The number of aromatic nitrogens is 2. The quantitative estimate of drug-likeness (QED) is 0.946. The molecule has 2 heterocycles. The highest BCUT2D eigenvalue weighted by atomic mass is 79.9. The fourth-order valence-corrected chi connectivity index (χ4v) is 2.52. The van der Waals surface area contributed by atoms with Gasteiger partial charge in [0, 0.05) is 19.8 Å². The van der Waals surface area contributed by atoms with Crippen molar-refractivity contribution < 1.29 is 0 Å². The average Bonchev–Trinajstić information content (AvgIpc) is 2.74. The molecule has 2 aromatic rings. The molecule has 2 rings (SSSR count). The minimum atomic E-state index is 0.287. The van der Waals surface area contributed by atoms with Crippen molar-refractivity contribution in [3.05, 3.63) is 33.1 Å². The van der Waals surface area contributed by atoms with Crippen molar-refractivity contribution >= 4 is 39.0 Å². The van der Waals surface area contributed by atoms with Crippen molar-refractivity contribution in [2.24, 2.45) is 0 Å². The summed E-state index contributed by atoms with van der Waals surface area (Å²) in [7, 11) is 1.98. The standard InChI is InChI=1S/C10H11BrN4S/c1-15(5-7-2-3-16-6-7)9-8(11)4-13-10(12)14-9/h2-4,6H,5H2,1H3,(H2,12,13,14). The van der Waals surface area contributed by atoms with Crippen molar-refractivity contribution in [2.45, 2.75) is 6.54 Å². The van der Waals surface area contributed by atoms with E-state index in [1.165, 1.54) is 5.56 Å². The first kappa shape index (κ1) is 11.3. The van der Waals surface area contributed by atoms with Crippen LogP contribution in [0.5, 0.6) is 0 Å². The number of halogens is 1. The highest BCUT2D eigenvalue weighted by Gasteiger charge is 2.09. The normalized spacial score (nSPS) is 10.4. The fraction of sp³-hybridized carbons (Fsp3) is 0.200. The van der Waals surface area contributed by atoms with Gasteiger partial charge in [-0.05, 0) is 38.3 Å². The summed E-state index contributed by atoms with van der Waals surface area (Å²) in [6.07, 6.45) is 1.67. The van der Waals surface area contributed by atoms with Gasteiger partial charge in [0.05, 0.1) is 4.47 Å². The lowest BCUT2D eigenvalue weighted by molar-refractivity contribution is 0.892. The molecule has 0 amide bonds. The SMILES string of the molecule is CN(Cc1ccsc1)c1nc(N)ncc1Br. The number of anilines is 2. The van der Waals surface area contributed by atoms with Gasteiger partial charge >= 0.3 is 0 Å². The van der Waals surface area contributed by atoms with Crippen LogP contribution in [0.1, 0.15) is 5.56 Å². The Morgan fingerprint density at radius 2 is 2.38 bits per heavy atom. The van der Waals surface area contributed by atoms with Gasteiger partial charge in [0.1, 0.15) is 5.82 Å². The van der Waals surface area contributed by atoms with Crippen LogP contribution in [0.15, 0.2) is 27.5 Å². The molecule has 4 nitrogen and oxygen atoms in total. The second kappa shape index (κ2) is 4.80. The molecule has 0 radical (unpaired) electrons. The van der Waals surface area contributed by atoms with Crippen molar-refractivity contribution in [2.75, 3.05) is 17.7 Å². The zero-order valence-corrected chi connectivity index (χ0v) is 11.1. The summed E-state index contributed by atoms with van der Waals surface area (Å²) >= 11 is 5.10. The first-order valence-electron chi connectivity index (χ1n) is 4.67. The minimum absolute atomic E-state index is 0.287. The van der Waals surface area contributed by atoms with E-state index in [9.17, 15) is 0 Å². The Balaban J connectivity index is 2.20. The Hall–Kier alpha value is -1.14. The van der Waals surface area contributed by atoms with Gasteiger partial charge in [0.2, 0.25) is 5.95 Å². The molecule has 0 fully saturated rings. The molecule has 84 valence electrons. The highest BCUT2D eigenvalue weighted by molar-refractivity contribution is 9.10. The maximum atomic E-state index is 5.57. The van der Waals surface area contributed by atoms with Crippen LogP contribution in [0.25, 0.3) is 0 Å². The summed E-state index contributed by atoms with van der Waals surface area (Å²) in [5, 5.41) is 4.18. The molecular weight excluding hydrogens is 288 g/mol. The minimum Gasteiger partial charge on any atom is -0.368 e. The highest BCUT2D eigenvalue weighted by Crippen LogP contribution is 2.24. The maximum absolute atomic E-state index is 5.57. The maximum Gasteiger partial charge on any atom is 0.222 e. The molecule has 0 saturated carbocycles. The van der Waals surface area contributed by atoms with Gasteiger partial charge < -0.3 is 10.6 Å². The first-order valence-corrected chi connectivity index (χ1v) is 6.40. The van der Waals surface area contributed by atoms with E-state index in [0.717, 1.165) is 16.8 Å². The predicted octanol–water partition coefficient (Wildman–Crippen LogP) is 2.52. The van der Waals surface area contributed by atoms with Crippen molar-refractivity contribution in [3.8, 4) is 0 Å². The first-order chi connectivity index (χ1) is 7.66. The Kier molecular flexibility index (Phi) is 3.40. The number of nitrogen functional groups attached to an aromatic ring is 1. The molecule has 0 bridgehead atoms. The Morgan fingerprint density at radius 1 is 1.56 bits per heavy atom. The fourth-order valence-electron chi connectivity index (χ4n) is 1.37. The molecule has 0 atom stereocenters. The van der Waals surface area contributed by atoms with E-state index in [1.54, 1.807) is 17.5 Å². The summed E-state index contributed by atoms with van der Waals surface area (Å²) in [4.78, 5) is 10.1. The van der Waals surface area contributed by atoms with E-state index < -0.39 is 0 Å². The van der Waals surface area contributed by atoms with E-state index in [4.69, 9.17) is 5.73 Å². The van der Waals surface area contributed by atoms with Gasteiger partial charge in [-0.3, -0.25) is 0 Å². The lowest BCUT2D eigenvalue weighted by Gasteiger charge is -2.18. The van der Waals surface area contributed by atoms with Crippen LogP contribution in [-0.2, 0) is 6.54 Å². The van der Waals surface area contributed by atoms with Gasteiger partial charge in [-0.1, -0.05) is 0 Å². The molecule has 0 aliphatic heterocycles. The number of nitrogens with zero attached hydrogens (tertiary/aromatic N) is 3. The van der Waals surface area contributed by atoms with E-state index >= 15 is 0 Å². The van der Waals surface area contributed by atoms with E-state index in [2.05, 4.69) is 42.7 Å². The molecular formula is C10H11BrN4S. The van der Waals surface area contributed by atoms with Gasteiger partial charge in [0.25, 0.3) is 0 Å². The molecule has 0 aliphatic carbocycles. The molecule has 0 aliphatic rings. The van der Waals surface area contributed by atoms with Crippen LogP contribution >= 0.6 is 27.3 Å². The van der Waals surface area contributed by atoms with Crippen molar-refractivity contribution in [3.63, 3.8) is 0 Å². The largest absolute Gasteiger partial charge is 0.368 e. The molecule has 0 unspecified atom stereocenters. The Labute approximate surface area is 106 Å². The van der Waals surface area contributed by atoms with Crippen LogP contribution in [-0.4, -0.2) is 17.0 Å². The zero-order chi connectivity index (χ0) is 11.5. The van der Waals surface area contributed by atoms with Gasteiger partial charge in [-0.2, -0.15) is 16.3 Å². The van der Waals surface area contributed by atoms with Crippen molar-refractivity contribution in [1.29, 1.82) is 0 Å². The van der Waals surface area contributed by atoms with E-state index in [1.807, 2.05) is 11.9 Å². The van der Waals surface area contributed by atoms with E-state index in [0.29, 0.717) is 0 Å². The topological polar surface area (TPSA) is 55.0 Å². The number of nitrogens with two attached hydrogens (primary N) is 1. The molecule has 2 N–H and O–H groups in total. The molecule has 16 heavy (non-hydrogen) atoms. The molecule has 0 saturated heterocycles. The van der Waals surface area contributed by atoms with Crippen LogP contribution in [0, 0.1) is 0 Å². The van der Waals surface area contributed by atoms with Gasteiger partial charge in [0.15, 0.2) is 0 Å². The summed E-state index contributed by atoms with van der Waals surface area (Å²) in [5.74, 6) is 1.09. The summed E-state index contributed by atoms with van der Waals surface area (Å²) in [6, 6.07) is 2.10. The monoisotopic (exact) mass is 298 g/mol. The van der Waals surface area contributed by atoms with Crippen molar-refractivity contribution in [1.82, 2.24) is 9.97 Å². The number of hydrogen-bond donors (Lipinski definition) is 1.